The Labute approximate surface area is 191 Å². The molecule has 0 saturated carbocycles. The Balaban J connectivity index is 1.85. The summed E-state index contributed by atoms with van der Waals surface area (Å²) < 4.78 is 30.4. The molecule has 33 heavy (non-hydrogen) atoms. The smallest absolute Gasteiger partial charge is 0.377 e. The van der Waals surface area contributed by atoms with Crippen molar-refractivity contribution in [3.8, 4) is 11.8 Å². The number of aromatic nitrogens is 2. The lowest BCUT2D eigenvalue weighted by molar-refractivity contribution is -0.138. The van der Waals surface area contributed by atoms with Gasteiger partial charge in [0, 0.05) is 17.0 Å². The van der Waals surface area contributed by atoms with Crippen LogP contribution in [0.5, 0.6) is 0 Å². The van der Waals surface area contributed by atoms with Crippen molar-refractivity contribution in [2.75, 3.05) is 13.1 Å². The largest absolute Gasteiger partial charge is 0.480 e. The lowest BCUT2D eigenvalue weighted by Crippen LogP contribution is -2.44. The van der Waals surface area contributed by atoms with Crippen molar-refractivity contribution < 1.29 is 28.3 Å². The molecule has 2 amide bonds. The maximum absolute atomic E-state index is 14.6. The number of amides is 2. The number of halogens is 2. The van der Waals surface area contributed by atoms with Gasteiger partial charge in [0.1, 0.15) is 14.4 Å². The van der Waals surface area contributed by atoms with Gasteiger partial charge in [0.2, 0.25) is 5.91 Å². The number of carbonyl (C=O) groups excluding carboxylic acids is 2. The Hall–Kier alpha value is -3.92. The molecular weight excluding hydrogens is 455 g/mol. The van der Waals surface area contributed by atoms with Gasteiger partial charge in [-0.25, -0.2) is 4.98 Å². The number of nitriles is 1. The van der Waals surface area contributed by atoms with Gasteiger partial charge in [-0.05, 0) is 29.5 Å². The monoisotopic (exact) mass is 469 g/mol. The molecule has 2 radical (unpaired) electrons. The molecule has 0 aliphatic rings. The summed E-state index contributed by atoms with van der Waals surface area (Å²) in [7, 11) is 5.96. The Morgan fingerprint density at radius 3 is 2.52 bits per heavy atom. The molecule has 0 aliphatic carbocycles. The molecule has 0 aliphatic heterocycles. The summed E-state index contributed by atoms with van der Waals surface area (Å²) in [6.07, 6.45) is 1.16. The van der Waals surface area contributed by atoms with Crippen LogP contribution in [0.2, 0.25) is 0 Å². The van der Waals surface area contributed by atoms with Gasteiger partial charge < -0.3 is 20.3 Å². The third kappa shape index (κ3) is 5.29. The summed E-state index contributed by atoms with van der Waals surface area (Å²) in [5.41, 5.74) is 0.788. The lowest BCUT2D eigenvalue weighted by Gasteiger charge is -2.18. The van der Waals surface area contributed by atoms with Crippen LogP contribution in [0.1, 0.15) is 5.56 Å². The fourth-order valence-corrected chi connectivity index (χ4v) is 3.69. The number of nitrogens with zero attached hydrogens (tertiary/aromatic N) is 3. The van der Waals surface area contributed by atoms with E-state index < -0.39 is 36.1 Å². The minimum absolute atomic E-state index is 0.0246. The zero-order valence-corrected chi connectivity index (χ0v) is 17.5. The van der Waals surface area contributed by atoms with Crippen molar-refractivity contribution >= 4 is 53.8 Å². The number of alkyl halides is 2. The number of fused-ring (bicyclic) bond motifs is 1. The lowest BCUT2D eigenvalue weighted by atomic mass is 10.0. The zero-order chi connectivity index (χ0) is 24.2. The van der Waals surface area contributed by atoms with Crippen LogP contribution in [-0.2, 0) is 14.4 Å². The van der Waals surface area contributed by atoms with Crippen LogP contribution in [0.15, 0.2) is 47.8 Å². The fourth-order valence-electron chi connectivity index (χ4n) is 2.90. The number of thioether (sulfide) groups is 1. The first kappa shape index (κ1) is 23.7. The van der Waals surface area contributed by atoms with E-state index in [2.05, 4.69) is 11.1 Å². The molecule has 3 aromatic rings. The second kappa shape index (κ2) is 9.70. The van der Waals surface area contributed by atoms with Gasteiger partial charge in [0.25, 0.3) is 0 Å². The molecule has 0 bridgehead atoms. The zero-order valence-electron chi connectivity index (χ0n) is 16.7. The topological polar surface area (TPSA) is 137 Å². The number of imidazole rings is 1. The van der Waals surface area contributed by atoms with E-state index in [4.69, 9.17) is 13.0 Å². The molecule has 9 nitrogen and oxygen atoms in total. The minimum Gasteiger partial charge on any atom is -0.480 e. The van der Waals surface area contributed by atoms with Gasteiger partial charge in [0.05, 0.1) is 23.9 Å². The van der Waals surface area contributed by atoms with E-state index >= 15 is 0 Å². The third-order valence-corrected chi connectivity index (χ3v) is 5.26. The van der Waals surface area contributed by atoms with Crippen LogP contribution in [0, 0.1) is 11.3 Å². The predicted molar refractivity (Wildman–Crippen MR) is 116 cm³/mol. The third-order valence-electron chi connectivity index (χ3n) is 4.35. The number of aliphatic carboxylic acids is 1. The summed E-state index contributed by atoms with van der Waals surface area (Å²) in [5.74, 6) is -4.03. The maximum atomic E-state index is 14.6. The molecule has 0 atom stereocenters. The van der Waals surface area contributed by atoms with E-state index in [1.165, 1.54) is 16.7 Å². The van der Waals surface area contributed by atoms with E-state index in [0.717, 1.165) is 6.20 Å². The molecular formula is C20H14BF2N5O4S. The van der Waals surface area contributed by atoms with Gasteiger partial charge in [0.15, 0.2) is 5.16 Å². The van der Waals surface area contributed by atoms with Gasteiger partial charge in [-0.2, -0.15) is 14.0 Å². The minimum atomic E-state index is -4.04. The van der Waals surface area contributed by atoms with Crippen molar-refractivity contribution in [1.82, 2.24) is 20.2 Å². The highest BCUT2D eigenvalue weighted by Crippen LogP contribution is 2.37. The van der Waals surface area contributed by atoms with E-state index in [-0.39, 0.29) is 22.5 Å². The maximum Gasteiger partial charge on any atom is 0.377 e. The molecule has 2 aromatic carbocycles. The van der Waals surface area contributed by atoms with Crippen LogP contribution < -0.4 is 16.2 Å². The van der Waals surface area contributed by atoms with Crippen molar-refractivity contribution in [3.05, 3.63) is 48.2 Å². The van der Waals surface area contributed by atoms with E-state index in [9.17, 15) is 28.4 Å². The Kier molecular flexibility index (Phi) is 6.98. The molecule has 0 saturated heterocycles. The number of benzene rings is 2. The first-order valence-electron chi connectivity index (χ1n) is 9.23. The number of carbonyl (C=O) groups is 3. The van der Waals surface area contributed by atoms with Crippen molar-refractivity contribution in [1.29, 1.82) is 5.26 Å². The molecule has 1 aromatic heterocycles. The quantitative estimate of drug-likeness (QED) is 0.326. The molecule has 3 rings (SSSR count). The first-order valence-corrected chi connectivity index (χ1v) is 10.0. The molecule has 1 heterocycles. The Morgan fingerprint density at radius 2 is 1.85 bits per heavy atom. The molecule has 0 spiro atoms. The van der Waals surface area contributed by atoms with E-state index in [0.29, 0.717) is 22.0 Å². The van der Waals surface area contributed by atoms with E-state index in [1.807, 2.05) is 5.32 Å². The summed E-state index contributed by atoms with van der Waals surface area (Å²) in [4.78, 5) is 37.7. The highest BCUT2D eigenvalue weighted by atomic mass is 32.2. The number of carboxylic acids is 1. The van der Waals surface area contributed by atoms with Gasteiger partial charge in [-0.1, -0.05) is 24.3 Å². The Bertz CT molecular complexity index is 1290. The number of rotatable bonds is 8. The molecule has 0 fully saturated rings. The average molecular weight is 469 g/mol. The number of carboxylic acid groups (broad SMARTS) is 1. The molecule has 13 heteroatoms. The number of nitrogens with one attached hydrogen (secondary N) is 2. The Morgan fingerprint density at radius 1 is 1.15 bits per heavy atom. The fraction of sp³-hybridized carbons (Fsp3) is 0.150. The highest BCUT2D eigenvalue weighted by Gasteiger charge is 2.42. The second-order valence-electron chi connectivity index (χ2n) is 6.56. The van der Waals surface area contributed by atoms with Crippen LogP contribution >= 0.6 is 11.8 Å². The van der Waals surface area contributed by atoms with Gasteiger partial charge in [-0.3, -0.25) is 14.4 Å². The first-order chi connectivity index (χ1) is 15.6. The molecule has 0 unspecified atom stereocenters. The summed E-state index contributed by atoms with van der Waals surface area (Å²) in [6.45, 7) is -1.55. The number of hydrogen-bond donors (Lipinski definition) is 3. The van der Waals surface area contributed by atoms with Crippen molar-refractivity contribution in [2.45, 2.75) is 10.4 Å². The van der Waals surface area contributed by atoms with Gasteiger partial charge >= 0.3 is 17.1 Å². The molecule has 3 N–H and O–H groups in total. The van der Waals surface area contributed by atoms with Crippen LogP contribution in [0.3, 0.4) is 0 Å². The average Bonchev–Trinajstić information content (AvgIpc) is 3.14. The van der Waals surface area contributed by atoms with Crippen molar-refractivity contribution in [3.63, 3.8) is 0 Å². The molecule has 166 valence electrons. The summed E-state index contributed by atoms with van der Waals surface area (Å²) >= 11 is -0.180. The predicted octanol–water partition coefficient (Wildman–Crippen LogP) is 0.693. The summed E-state index contributed by atoms with van der Waals surface area (Å²) in [5, 5.41) is 18.3. The number of hydrogen-bond acceptors (Lipinski definition) is 6. The summed E-state index contributed by atoms with van der Waals surface area (Å²) in [6, 6.07) is 12.0. The second-order valence-corrected chi connectivity index (χ2v) is 7.64. The standard InChI is InChI=1S/C20H14BF2N5O4S/c21-15-8-27-19(33-20(22,23)18(32)26-9-16(29)25-10-17(30)31)28(15)14-6-5-11(7-24)12-3-1-2-4-13(12)14/h1-6,8H,9-10H2,(H,25,29)(H,26,32)(H,30,31). The van der Waals surface area contributed by atoms with Crippen LogP contribution in [0.4, 0.5) is 8.78 Å². The van der Waals surface area contributed by atoms with Crippen molar-refractivity contribution in [2.24, 2.45) is 0 Å². The van der Waals surface area contributed by atoms with Crippen LogP contribution in [0.25, 0.3) is 16.5 Å². The normalized spacial score (nSPS) is 11.1. The van der Waals surface area contributed by atoms with Crippen LogP contribution in [-0.4, -0.2) is 58.6 Å². The van der Waals surface area contributed by atoms with E-state index in [1.54, 1.807) is 29.6 Å². The SMILES string of the molecule is [B]c1cnc(SC(F)(F)C(=O)NCC(=O)NCC(=O)O)n1-c1ccc(C#N)c2ccccc12. The van der Waals surface area contributed by atoms with Gasteiger partial charge in [-0.15, -0.1) is 0 Å². The highest BCUT2D eigenvalue weighted by molar-refractivity contribution is 8.00.